The molecular formula is C11H12N4O. The van der Waals surface area contributed by atoms with Gasteiger partial charge in [0.15, 0.2) is 5.65 Å². The Morgan fingerprint density at radius 2 is 2.25 bits per heavy atom. The fourth-order valence-corrected chi connectivity index (χ4v) is 1.87. The van der Waals surface area contributed by atoms with Crippen LogP contribution in [0.15, 0.2) is 11.0 Å². The lowest BCUT2D eigenvalue weighted by molar-refractivity contribution is 0.780. The van der Waals surface area contributed by atoms with Gasteiger partial charge in [-0.05, 0) is 12.8 Å². The van der Waals surface area contributed by atoms with Crippen molar-refractivity contribution in [3.05, 3.63) is 39.2 Å². The number of aromatic nitrogens is 3. The molecule has 82 valence electrons. The lowest BCUT2D eigenvalue weighted by Crippen LogP contribution is -2.22. The Labute approximate surface area is 92.5 Å². The molecule has 0 fully saturated rings. The van der Waals surface area contributed by atoms with E-state index in [0.717, 1.165) is 0 Å². The minimum Gasteiger partial charge on any atom is -0.308 e. The van der Waals surface area contributed by atoms with E-state index in [4.69, 9.17) is 6.57 Å². The standard InChI is InChI=1S/C11H12N4O/c1-6(2)9-7(3)14-10-8(12-4)5-13-15(10)11(9)16/h5-6,13H,1-3H3. The molecule has 5 heteroatoms. The zero-order chi connectivity index (χ0) is 11.9. The number of H-pyrrole nitrogens is 1. The van der Waals surface area contributed by atoms with Crippen LogP contribution in [0.2, 0.25) is 0 Å². The van der Waals surface area contributed by atoms with Gasteiger partial charge in [-0.3, -0.25) is 4.79 Å². The maximum absolute atomic E-state index is 12.1. The molecule has 2 heterocycles. The molecule has 0 atom stereocenters. The van der Waals surface area contributed by atoms with Crippen LogP contribution in [-0.2, 0) is 0 Å². The van der Waals surface area contributed by atoms with Gasteiger partial charge in [0.05, 0.1) is 6.57 Å². The summed E-state index contributed by atoms with van der Waals surface area (Å²) in [5.41, 5.74) is 2.05. The normalized spacial score (nSPS) is 10.9. The maximum atomic E-state index is 12.1. The van der Waals surface area contributed by atoms with E-state index in [9.17, 15) is 4.79 Å². The minimum atomic E-state index is -0.118. The van der Waals surface area contributed by atoms with Gasteiger partial charge in [0, 0.05) is 17.5 Å². The Bertz CT molecular complexity index is 642. The van der Waals surface area contributed by atoms with E-state index in [-0.39, 0.29) is 11.5 Å². The number of aryl methyl sites for hydroxylation is 1. The first-order chi connectivity index (χ1) is 7.56. The van der Waals surface area contributed by atoms with E-state index in [2.05, 4.69) is 14.9 Å². The summed E-state index contributed by atoms with van der Waals surface area (Å²) in [5, 5.41) is 2.76. The molecule has 0 saturated heterocycles. The molecule has 0 amide bonds. The molecule has 0 bridgehead atoms. The summed E-state index contributed by atoms with van der Waals surface area (Å²) in [7, 11) is 0. The monoisotopic (exact) mass is 216 g/mol. The molecule has 0 radical (unpaired) electrons. The molecule has 0 aliphatic carbocycles. The molecular weight excluding hydrogens is 204 g/mol. The summed E-state index contributed by atoms with van der Waals surface area (Å²) in [6, 6.07) is 0. The quantitative estimate of drug-likeness (QED) is 0.741. The third-order valence-electron chi connectivity index (χ3n) is 2.57. The highest BCUT2D eigenvalue weighted by molar-refractivity contribution is 5.67. The molecule has 1 N–H and O–H groups in total. The molecule has 16 heavy (non-hydrogen) atoms. The molecule has 0 aliphatic rings. The molecule has 5 nitrogen and oxygen atoms in total. The van der Waals surface area contributed by atoms with E-state index >= 15 is 0 Å². The number of fused-ring (bicyclic) bond motifs is 1. The second-order valence-electron chi connectivity index (χ2n) is 4.00. The SMILES string of the molecule is [C-]#[N+]c1c[nH]n2c(=O)c(C(C)C)c(C)nc12. The molecule has 0 spiro atoms. The fourth-order valence-electron chi connectivity index (χ4n) is 1.87. The number of hydrogen-bond acceptors (Lipinski definition) is 2. The van der Waals surface area contributed by atoms with Gasteiger partial charge in [0.25, 0.3) is 5.56 Å². The third-order valence-corrected chi connectivity index (χ3v) is 2.57. The van der Waals surface area contributed by atoms with Gasteiger partial charge in [-0.1, -0.05) is 13.8 Å². The highest BCUT2D eigenvalue weighted by atomic mass is 16.1. The number of aromatic amines is 1. The molecule has 0 aliphatic heterocycles. The first-order valence-corrected chi connectivity index (χ1v) is 5.04. The summed E-state index contributed by atoms with van der Waals surface area (Å²) in [6.07, 6.45) is 1.50. The van der Waals surface area contributed by atoms with Gasteiger partial charge in [-0.25, -0.2) is 14.3 Å². The van der Waals surface area contributed by atoms with Crippen molar-refractivity contribution in [3.63, 3.8) is 0 Å². The van der Waals surface area contributed by atoms with Crippen molar-refractivity contribution in [2.24, 2.45) is 0 Å². The van der Waals surface area contributed by atoms with Gasteiger partial charge in [-0.15, -0.1) is 0 Å². The third kappa shape index (κ3) is 1.31. The Morgan fingerprint density at radius 3 is 2.81 bits per heavy atom. The van der Waals surface area contributed by atoms with Crippen LogP contribution >= 0.6 is 0 Å². The van der Waals surface area contributed by atoms with Gasteiger partial charge < -0.3 is 5.10 Å². The molecule has 2 aromatic rings. The number of nitrogens with zero attached hydrogens (tertiary/aromatic N) is 3. The Morgan fingerprint density at radius 1 is 1.56 bits per heavy atom. The zero-order valence-electron chi connectivity index (χ0n) is 9.40. The van der Waals surface area contributed by atoms with Gasteiger partial charge in [0.1, 0.15) is 0 Å². The van der Waals surface area contributed by atoms with Crippen LogP contribution in [0.5, 0.6) is 0 Å². The van der Waals surface area contributed by atoms with Gasteiger partial charge in [-0.2, -0.15) is 0 Å². The van der Waals surface area contributed by atoms with E-state index in [1.165, 1.54) is 10.7 Å². The average molecular weight is 216 g/mol. The lowest BCUT2D eigenvalue weighted by atomic mass is 10.0. The van der Waals surface area contributed by atoms with E-state index < -0.39 is 0 Å². The Kier molecular flexibility index (Phi) is 2.27. The van der Waals surface area contributed by atoms with Crippen LogP contribution in [0.3, 0.4) is 0 Å². The topological polar surface area (TPSA) is 54.5 Å². The molecule has 0 aromatic carbocycles. The summed E-state index contributed by atoms with van der Waals surface area (Å²) in [6.45, 7) is 12.7. The van der Waals surface area contributed by atoms with Gasteiger partial charge >= 0.3 is 0 Å². The molecule has 2 aromatic heterocycles. The second kappa shape index (κ2) is 3.49. The van der Waals surface area contributed by atoms with Crippen molar-refractivity contribution in [3.8, 4) is 0 Å². The zero-order valence-corrected chi connectivity index (χ0v) is 9.40. The molecule has 0 unspecified atom stereocenters. The van der Waals surface area contributed by atoms with Crippen LogP contribution in [0, 0.1) is 13.5 Å². The number of hydrogen-bond donors (Lipinski definition) is 1. The van der Waals surface area contributed by atoms with Crippen LogP contribution in [-0.4, -0.2) is 14.6 Å². The summed E-state index contributed by atoms with van der Waals surface area (Å²) in [4.78, 5) is 19.7. The Hall–Kier alpha value is -2.09. The number of nitrogens with one attached hydrogen (secondary N) is 1. The van der Waals surface area contributed by atoms with Gasteiger partial charge in [0.2, 0.25) is 5.69 Å². The lowest BCUT2D eigenvalue weighted by Gasteiger charge is -2.08. The highest BCUT2D eigenvalue weighted by Crippen LogP contribution is 2.19. The maximum Gasteiger partial charge on any atom is 0.275 e. The minimum absolute atomic E-state index is 0.118. The van der Waals surface area contributed by atoms with E-state index in [1.54, 1.807) is 6.92 Å². The largest absolute Gasteiger partial charge is 0.308 e. The average Bonchev–Trinajstić information content (AvgIpc) is 2.60. The second-order valence-corrected chi connectivity index (χ2v) is 4.00. The van der Waals surface area contributed by atoms with Crippen molar-refractivity contribution in [1.82, 2.24) is 14.6 Å². The summed E-state index contributed by atoms with van der Waals surface area (Å²) >= 11 is 0. The van der Waals surface area contributed by atoms with Crippen LogP contribution in [0.4, 0.5) is 5.69 Å². The van der Waals surface area contributed by atoms with Crippen LogP contribution < -0.4 is 5.56 Å². The predicted octanol–water partition coefficient (Wildman–Crippen LogP) is 2.01. The predicted molar refractivity (Wildman–Crippen MR) is 60.9 cm³/mol. The first kappa shape index (κ1) is 10.4. The van der Waals surface area contributed by atoms with E-state index in [0.29, 0.717) is 22.6 Å². The Balaban J connectivity index is 2.92. The van der Waals surface area contributed by atoms with Crippen molar-refractivity contribution in [1.29, 1.82) is 0 Å². The molecule has 2 rings (SSSR count). The highest BCUT2D eigenvalue weighted by Gasteiger charge is 2.15. The smallest absolute Gasteiger partial charge is 0.275 e. The number of rotatable bonds is 1. The van der Waals surface area contributed by atoms with Crippen LogP contribution in [0.25, 0.3) is 10.5 Å². The van der Waals surface area contributed by atoms with Crippen molar-refractivity contribution in [2.75, 3.05) is 0 Å². The van der Waals surface area contributed by atoms with Crippen molar-refractivity contribution in [2.45, 2.75) is 26.7 Å². The summed E-state index contributed by atoms with van der Waals surface area (Å²) < 4.78 is 1.33. The first-order valence-electron chi connectivity index (χ1n) is 5.04. The summed E-state index contributed by atoms with van der Waals surface area (Å²) in [5.74, 6) is 0.122. The van der Waals surface area contributed by atoms with E-state index in [1.807, 2.05) is 13.8 Å². The van der Waals surface area contributed by atoms with Crippen molar-refractivity contribution >= 4 is 11.3 Å². The molecule has 0 saturated carbocycles. The van der Waals surface area contributed by atoms with Crippen LogP contribution in [0.1, 0.15) is 31.0 Å². The fraction of sp³-hybridized carbons (Fsp3) is 0.364. The van der Waals surface area contributed by atoms with Crippen molar-refractivity contribution < 1.29 is 0 Å².